The van der Waals surface area contributed by atoms with E-state index in [4.69, 9.17) is 4.52 Å². The van der Waals surface area contributed by atoms with Crippen molar-refractivity contribution in [2.75, 3.05) is 0 Å². The van der Waals surface area contributed by atoms with Gasteiger partial charge in [0, 0.05) is 22.9 Å². The summed E-state index contributed by atoms with van der Waals surface area (Å²) in [6.07, 6.45) is 1.20. The molecule has 2 heterocycles. The van der Waals surface area contributed by atoms with Gasteiger partial charge in [-0.2, -0.15) is 0 Å². The van der Waals surface area contributed by atoms with Crippen LogP contribution in [-0.4, -0.2) is 17.1 Å². The Morgan fingerprint density at radius 1 is 1.53 bits per heavy atom. The van der Waals surface area contributed by atoms with Gasteiger partial charge in [0.2, 0.25) is 5.91 Å². The smallest absolute Gasteiger partial charge is 0.224 e. The van der Waals surface area contributed by atoms with E-state index in [1.807, 2.05) is 32.2 Å². The number of carbonyl (C=O) groups excluding carboxylic acids is 1. The zero-order valence-corrected chi connectivity index (χ0v) is 12.2. The highest BCUT2D eigenvalue weighted by Gasteiger charge is 2.15. The highest BCUT2D eigenvalue weighted by Crippen LogP contribution is 2.14. The molecule has 2 rings (SSSR count). The van der Waals surface area contributed by atoms with Crippen molar-refractivity contribution in [2.45, 2.75) is 39.7 Å². The topological polar surface area (TPSA) is 55.1 Å². The lowest BCUT2D eigenvalue weighted by Gasteiger charge is -2.12. The highest BCUT2D eigenvalue weighted by molar-refractivity contribution is 7.09. The molecule has 102 valence electrons. The molecular weight excluding hydrogens is 260 g/mol. The number of hydrogen-bond donors (Lipinski definition) is 1. The number of hydrogen-bond acceptors (Lipinski definition) is 4. The van der Waals surface area contributed by atoms with Crippen LogP contribution in [0.2, 0.25) is 0 Å². The Morgan fingerprint density at radius 2 is 2.32 bits per heavy atom. The standard InChI is InChI=1S/C14H18N2O2S/c1-9(7-12-5-4-6-19-12)15-14(17)8-13-10(2)16-18-11(13)3/h4-6,9H,7-8H2,1-3H3,(H,15,17)/t9-/m1/s1. The summed E-state index contributed by atoms with van der Waals surface area (Å²) in [5.41, 5.74) is 1.68. The lowest BCUT2D eigenvalue weighted by Crippen LogP contribution is -2.35. The fraction of sp³-hybridized carbons (Fsp3) is 0.429. The molecule has 4 nitrogen and oxygen atoms in total. The van der Waals surface area contributed by atoms with Gasteiger partial charge in [0.25, 0.3) is 0 Å². The molecule has 0 spiro atoms. The molecule has 19 heavy (non-hydrogen) atoms. The van der Waals surface area contributed by atoms with E-state index in [9.17, 15) is 4.79 Å². The largest absolute Gasteiger partial charge is 0.361 e. The van der Waals surface area contributed by atoms with E-state index in [1.54, 1.807) is 11.3 Å². The monoisotopic (exact) mass is 278 g/mol. The Bertz CT molecular complexity index is 526. The second-order valence-electron chi connectivity index (χ2n) is 4.73. The summed E-state index contributed by atoms with van der Waals surface area (Å²) >= 11 is 1.71. The van der Waals surface area contributed by atoms with Gasteiger partial charge in [-0.15, -0.1) is 11.3 Å². The van der Waals surface area contributed by atoms with Crippen LogP contribution < -0.4 is 5.32 Å². The minimum absolute atomic E-state index is 0.0125. The van der Waals surface area contributed by atoms with E-state index in [-0.39, 0.29) is 11.9 Å². The number of nitrogens with zero attached hydrogens (tertiary/aromatic N) is 1. The van der Waals surface area contributed by atoms with Gasteiger partial charge in [-0.05, 0) is 32.2 Å². The molecule has 1 amide bonds. The molecule has 0 saturated heterocycles. The van der Waals surface area contributed by atoms with Crippen LogP contribution in [0.25, 0.3) is 0 Å². The predicted molar refractivity (Wildman–Crippen MR) is 75.3 cm³/mol. The van der Waals surface area contributed by atoms with E-state index >= 15 is 0 Å². The number of amides is 1. The zero-order chi connectivity index (χ0) is 13.8. The molecule has 0 radical (unpaired) electrons. The second-order valence-corrected chi connectivity index (χ2v) is 5.76. The molecule has 0 aliphatic heterocycles. The molecule has 1 atom stereocenters. The van der Waals surface area contributed by atoms with E-state index in [0.29, 0.717) is 6.42 Å². The van der Waals surface area contributed by atoms with Crippen molar-refractivity contribution in [3.8, 4) is 0 Å². The molecule has 0 aliphatic rings. The van der Waals surface area contributed by atoms with E-state index in [2.05, 4.69) is 16.5 Å². The number of rotatable bonds is 5. The summed E-state index contributed by atoms with van der Waals surface area (Å²) in [5.74, 6) is 0.733. The van der Waals surface area contributed by atoms with Crippen molar-refractivity contribution in [3.63, 3.8) is 0 Å². The van der Waals surface area contributed by atoms with Crippen LogP contribution >= 0.6 is 11.3 Å². The van der Waals surface area contributed by atoms with E-state index in [0.717, 1.165) is 23.4 Å². The normalized spacial score (nSPS) is 12.4. The highest BCUT2D eigenvalue weighted by atomic mass is 32.1. The fourth-order valence-corrected chi connectivity index (χ4v) is 2.86. The van der Waals surface area contributed by atoms with Crippen LogP contribution in [-0.2, 0) is 17.6 Å². The quantitative estimate of drug-likeness (QED) is 0.914. The summed E-state index contributed by atoms with van der Waals surface area (Å²) < 4.78 is 5.06. The average Bonchev–Trinajstić information content (AvgIpc) is 2.94. The van der Waals surface area contributed by atoms with Crippen LogP contribution in [0, 0.1) is 13.8 Å². The molecule has 1 N–H and O–H groups in total. The minimum atomic E-state index is 0.0125. The summed E-state index contributed by atoms with van der Waals surface area (Å²) in [5, 5.41) is 8.91. The van der Waals surface area contributed by atoms with Gasteiger partial charge in [0.1, 0.15) is 5.76 Å². The van der Waals surface area contributed by atoms with Gasteiger partial charge >= 0.3 is 0 Å². The first-order valence-electron chi connectivity index (χ1n) is 6.29. The fourth-order valence-electron chi connectivity index (χ4n) is 2.02. The van der Waals surface area contributed by atoms with Crippen LogP contribution in [0.1, 0.15) is 28.8 Å². The van der Waals surface area contributed by atoms with Crippen molar-refractivity contribution in [1.29, 1.82) is 0 Å². The van der Waals surface area contributed by atoms with Gasteiger partial charge in [0.15, 0.2) is 0 Å². The maximum Gasteiger partial charge on any atom is 0.224 e. The Kier molecular flexibility index (Phi) is 4.37. The van der Waals surface area contributed by atoms with Gasteiger partial charge in [0.05, 0.1) is 12.1 Å². The number of carbonyl (C=O) groups is 1. The summed E-state index contributed by atoms with van der Waals surface area (Å²) in [7, 11) is 0. The molecule has 0 fully saturated rings. The van der Waals surface area contributed by atoms with Crippen molar-refractivity contribution in [1.82, 2.24) is 10.5 Å². The van der Waals surface area contributed by atoms with E-state index in [1.165, 1.54) is 4.88 Å². The third-order valence-corrected chi connectivity index (χ3v) is 3.91. The SMILES string of the molecule is Cc1noc(C)c1CC(=O)N[C@H](C)Cc1cccs1. The number of thiophene rings is 1. The maximum absolute atomic E-state index is 12.0. The lowest BCUT2D eigenvalue weighted by molar-refractivity contribution is -0.121. The molecule has 0 aromatic carbocycles. The van der Waals surface area contributed by atoms with Gasteiger partial charge < -0.3 is 9.84 Å². The van der Waals surface area contributed by atoms with Crippen LogP contribution in [0.5, 0.6) is 0 Å². The Hall–Kier alpha value is -1.62. The summed E-state index contributed by atoms with van der Waals surface area (Å²) in [6, 6.07) is 4.24. The zero-order valence-electron chi connectivity index (χ0n) is 11.4. The number of nitrogens with one attached hydrogen (secondary N) is 1. The lowest BCUT2D eigenvalue weighted by atomic mass is 10.1. The Balaban J connectivity index is 1.87. The van der Waals surface area contributed by atoms with Crippen molar-refractivity contribution >= 4 is 17.2 Å². The molecule has 0 unspecified atom stereocenters. The first-order chi connectivity index (χ1) is 9.06. The average molecular weight is 278 g/mol. The van der Waals surface area contributed by atoms with Gasteiger partial charge in [-0.25, -0.2) is 0 Å². The minimum Gasteiger partial charge on any atom is -0.361 e. The third-order valence-electron chi connectivity index (χ3n) is 3.01. The molecule has 5 heteroatoms. The molecule has 0 aliphatic carbocycles. The van der Waals surface area contributed by atoms with Gasteiger partial charge in [-0.1, -0.05) is 11.2 Å². The molecular formula is C14H18N2O2S. The first kappa shape index (κ1) is 13.8. The summed E-state index contributed by atoms with van der Waals surface area (Å²) in [6.45, 7) is 5.71. The van der Waals surface area contributed by atoms with Crippen LogP contribution in [0.4, 0.5) is 0 Å². The Labute approximate surface area is 116 Å². The first-order valence-corrected chi connectivity index (χ1v) is 7.17. The molecule has 0 bridgehead atoms. The number of aromatic nitrogens is 1. The van der Waals surface area contributed by atoms with Crippen molar-refractivity contribution < 1.29 is 9.32 Å². The van der Waals surface area contributed by atoms with Crippen LogP contribution in [0.3, 0.4) is 0 Å². The van der Waals surface area contributed by atoms with Crippen LogP contribution in [0.15, 0.2) is 22.0 Å². The maximum atomic E-state index is 12.0. The van der Waals surface area contributed by atoms with Gasteiger partial charge in [-0.3, -0.25) is 4.79 Å². The molecule has 2 aromatic rings. The summed E-state index contributed by atoms with van der Waals surface area (Å²) in [4.78, 5) is 13.3. The number of aryl methyl sites for hydroxylation is 2. The molecule has 0 saturated carbocycles. The Morgan fingerprint density at radius 3 is 2.89 bits per heavy atom. The van der Waals surface area contributed by atoms with Crippen molar-refractivity contribution in [2.24, 2.45) is 0 Å². The van der Waals surface area contributed by atoms with Crippen molar-refractivity contribution in [3.05, 3.63) is 39.4 Å². The van der Waals surface area contributed by atoms with E-state index < -0.39 is 0 Å². The third kappa shape index (κ3) is 3.67. The second kappa shape index (κ2) is 6.02. The molecule has 2 aromatic heterocycles. The predicted octanol–water partition coefficient (Wildman–Crippen LogP) is 2.64.